The lowest BCUT2D eigenvalue weighted by molar-refractivity contribution is 0.102. The number of hydrogen-bond donors (Lipinski definition) is 2. The molecular weight excluding hydrogens is 421 g/mol. The van der Waals surface area contributed by atoms with E-state index in [2.05, 4.69) is 31.5 Å². The molecule has 1 atom stereocenters. The molecule has 0 spiro atoms. The van der Waals surface area contributed by atoms with E-state index in [0.29, 0.717) is 35.0 Å². The van der Waals surface area contributed by atoms with Gasteiger partial charge in [-0.15, -0.1) is 6.42 Å². The van der Waals surface area contributed by atoms with Gasteiger partial charge in [0.2, 0.25) is 0 Å². The van der Waals surface area contributed by atoms with Gasteiger partial charge in [0.05, 0.1) is 23.5 Å². The number of imidazole rings is 1. The minimum absolute atomic E-state index is 0.225. The SMILES string of the molecule is C#CCN[C@@H]1CCN(c2ccc(C(=O)Nc3cc(F)c4nc(C)cn4c3)c3nn(C)cc23)C1. The minimum Gasteiger partial charge on any atom is -0.369 e. The summed E-state index contributed by atoms with van der Waals surface area (Å²) in [5, 5.41) is 11.6. The van der Waals surface area contributed by atoms with Crippen LogP contribution in [-0.2, 0) is 7.05 Å². The molecule has 8 nitrogen and oxygen atoms in total. The Kier molecular flexibility index (Phi) is 5.23. The highest BCUT2D eigenvalue weighted by Gasteiger charge is 2.25. The first kappa shape index (κ1) is 21.0. The lowest BCUT2D eigenvalue weighted by atomic mass is 10.1. The van der Waals surface area contributed by atoms with E-state index in [1.54, 1.807) is 34.5 Å². The summed E-state index contributed by atoms with van der Waals surface area (Å²) in [5.41, 5.74) is 3.33. The average Bonchev–Trinajstić information content (AvgIpc) is 3.48. The van der Waals surface area contributed by atoms with Crippen molar-refractivity contribution in [3.05, 3.63) is 53.9 Å². The lowest BCUT2D eigenvalue weighted by Gasteiger charge is -2.20. The van der Waals surface area contributed by atoms with Gasteiger partial charge in [0.15, 0.2) is 11.5 Å². The molecule has 2 N–H and O–H groups in total. The largest absolute Gasteiger partial charge is 0.369 e. The molecule has 0 saturated carbocycles. The van der Waals surface area contributed by atoms with E-state index in [0.717, 1.165) is 30.6 Å². The third-order valence-corrected chi connectivity index (χ3v) is 5.92. The van der Waals surface area contributed by atoms with Crippen LogP contribution >= 0.6 is 0 Å². The molecule has 9 heteroatoms. The van der Waals surface area contributed by atoms with Crippen molar-refractivity contribution in [2.45, 2.75) is 19.4 Å². The fourth-order valence-corrected chi connectivity index (χ4v) is 4.46. The van der Waals surface area contributed by atoms with Gasteiger partial charge in [-0.25, -0.2) is 9.37 Å². The molecule has 1 fully saturated rings. The molecule has 1 aliphatic heterocycles. The zero-order chi connectivity index (χ0) is 23.1. The molecule has 1 aliphatic rings. The van der Waals surface area contributed by atoms with Crippen LogP contribution in [0.2, 0.25) is 0 Å². The van der Waals surface area contributed by atoms with Crippen molar-refractivity contribution >= 4 is 33.8 Å². The van der Waals surface area contributed by atoms with Gasteiger partial charge < -0.3 is 19.9 Å². The number of hydrogen-bond acceptors (Lipinski definition) is 5. The van der Waals surface area contributed by atoms with E-state index in [1.807, 2.05) is 19.3 Å². The average molecular weight is 446 g/mol. The molecule has 168 valence electrons. The zero-order valence-electron chi connectivity index (χ0n) is 18.5. The number of aryl methyl sites for hydroxylation is 2. The fourth-order valence-electron chi connectivity index (χ4n) is 4.46. The van der Waals surface area contributed by atoms with Crippen molar-refractivity contribution in [3.63, 3.8) is 0 Å². The van der Waals surface area contributed by atoms with E-state index in [-0.39, 0.29) is 11.6 Å². The Morgan fingerprint density at radius 3 is 3.00 bits per heavy atom. The number of nitrogens with one attached hydrogen (secondary N) is 2. The van der Waals surface area contributed by atoms with E-state index in [9.17, 15) is 9.18 Å². The van der Waals surface area contributed by atoms with Crippen LogP contribution in [0.25, 0.3) is 16.6 Å². The summed E-state index contributed by atoms with van der Waals surface area (Å²) in [4.78, 5) is 19.6. The van der Waals surface area contributed by atoms with Crippen LogP contribution in [0.4, 0.5) is 15.8 Å². The van der Waals surface area contributed by atoms with E-state index in [4.69, 9.17) is 6.42 Å². The molecule has 1 amide bonds. The van der Waals surface area contributed by atoms with Crippen molar-refractivity contribution in [2.75, 3.05) is 29.9 Å². The molecule has 33 heavy (non-hydrogen) atoms. The highest BCUT2D eigenvalue weighted by atomic mass is 19.1. The number of terminal acetylenes is 1. The minimum atomic E-state index is -0.499. The third kappa shape index (κ3) is 3.90. The molecule has 0 aliphatic carbocycles. The summed E-state index contributed by atoms with van der Waals surface area (Å²) < 4.78 is 17.7. The smallest absolute Gasteiger partial charge is 0.257 e. The number of amides is 1. The van der Waals surface area contributed by atoms with Gasteiger partial charge in [-0.3, -0.25) is 9.48 Å². The van der Waals surface area contributed by atoms with Crippen molar-refractivity contribution in [1.29, 1.82) is 0 Å². The topological polar surface area (TPSA) is 79.5 Å². The van der Waals surface area contributed by atoms with Crippen LogP contribution in [0.3, 0.4) is 0 Å². The maximum absolute atomic E-state index is 14.4. The summed E-state index contributed by atoms with van der Waals surface area (Å²) in [5.74, 6) is 1.77. The first-order valence-electron chi connectivity index (χ1n) is 10.8. The predicted molar refractivity (Wildman–Crippen MR) is 126 cm³/mol. The van der Waals surface area contributed by atoms with Crippen LogP contribution in [0, 0.1) is 25.1 Å². The Morgan fingerprint density at radius 2 is 2.18 bits per heavy atom. The second-order valence-electron chi connectivity index (χ2n) is 8.36. The van der Waals surface area contributed by atoms with Gasteiger partial charge in [0.1, 0.15) is 5.52 Å². The molecule has 0 radical (unpaired) electrons. The van der Waals surface area contributed by atoms with Gasteiger partial charge in [-0.2, -0.15) is 5.10 Å². The molecule has 4 heterocycles. The van der Waals surface area contributed by atoms with Crippen molar-refractivity contribution < 1.29 is 9.18 Å². The normalized spacial score (nSPS) is 15.9. The molecule has 1 aromatic carbocycles. The Hall–Kier alpha value is -3.90. The highest BCUT2D eigenvalue weighted by molar-refractivity contribution is 6.13. The summed E-state index contributed by atoms with van der Waals surface area (Å²) in [6.45, 7) is 4.06. The number of pyridine rings is 1. The van der Waals surface area contributed by atoms with E-state index < -0.39 is 5.82 Å². The van der Waals surface area contributed by atoms with Gasteiger partial charge in [-0.1, -0.05) is 5.92 Å². The maximum Gasteiger partial charge on any atom is 0.257 e. The zero-order valence-corrected chi connectivity index (χ0v) is 18.5. The summed E-state index contributed by atoms with van der Waals surface area (Å²) in [6, 6.07) is 5.33. The second kappa shape index (κ2) is 8.22. The number of carbonyl (C=O) groups excluding carboxylic acids is 1. The van der Waals surface area contributed by atoms with Gasteiger partial charge in [0, 0.05) is 61.9 Å². The predicted octanol–water partition coefficient (Wildman–Crippen LogP) is 2.72. The highest BCUT2D eigenvalue weighted by Crippen LogP contribution is 2.31. The molecule has 0 bridgehead atoms. The molecule has 4 aromatic rings. The number of nitrogens with zero attached hydrogens (tertiary/aromatic N) is 5. The first-order valence-corrected chi connectivity index (χ1v) is 10.8. The quantitative estimate of drug-likeness (QED) is 0.462. The first-order chi connectivity index (χ1) is 15.9. The van der Waals surface area contributed by atoms with Crippen molar-refractivity contribution in [2.24, 2.45) is 7.05 Å². The molecule has 0 unspecified atom stereocenters. The van der Waals surface area contributed by atoms with Crippen LogP contribution in [0.5, 0.6) is 0 Å². The maximum atomic E-state index is 14.4. The molecule has 5 rings (SSSR count). The number of fused-ring (bicyclic) bond motifs is 2. The number of halogens is 1. The number of benzene rings is 1. The number of carbonyl (C=O) groups is 1. The van der Waals surface area contributed by atoms with Gasteiger partial charge >= 0.3 is 0 Å². The Morgan fingerprint density at radius 1 is 1.33 bits per heavy atom. The molecule has 3 aromatic heterocycles. The monoisotopic (exact) mass is 445 g/mol. The van der Waals surface area contributed by atoms with Crippen molar-refractivity contribution in [1.82, 2.24) is 24.5 Å². The molecule has 1 saturated heterocycles. The van der Waals surface area contributed by atoms with Crippen LogP contribution in [0.1, 0.15) is 22.5 Å². The van der Waals surface area contributed by atoms with Gasteiger partial charge in [-0.05, 0) is 25.5 Å². The number of anilines is 2. The summed E-state index contributed by atoms with van der Waals surface area (Å²) in [7, 11) is 1.83. The van der Waals surface area contributed by atoms with Crippen LogP contribution in [0.15, 0.2) is 36.8 Å². The van der Waals surface area contributed by atoms with E-state index in [1.165, 1.54) is 6.07 Å². The standard InChI is InChI=1S/C24H24FN7O/c1-4-8-26-16-7-9-31(12-16)21-6-5-18(22-19(21)14-30(3)29-22)24(33)28-17-10-20(25)23-27-15(2)11-32(23)13-17/h1,5-6,10-11,13-14,16,26H,7-9,12H2,2-3H3,(H,28,33)/t16-/m1/s1. The van der Waals surface area contributed by atoms with E-state index >= 15 is 0 Å². The number of aromatic nitrogens is 4. The Labute approximate surface area is 190 Å². The molecular formula is C24H24FN7O. The van der Waals surface area contributed by atoms with Crippen LogP contribution < -0.4 is 15.5 Å². The van der Waals surface area contributed by atoms with Gasteiger partial charge in [0.25, 0.3) is 5.91 Å². The lowest BCUT2D eigenvalue weighted by Crippen LogP contribution is -2.32. The third-order valence-electron chi connectivity index (χ3n) is 5.92. The number of rotatable bonds is 5. The fraction of sp³-hybridized carbons (Fsp3) is 0.292. The Bertz CT molecular complexity index is 1410. The Balaban J connectivity index is 1.44. The van der Waals surface area contributed by atoms with Crippen molar-refractivity contribution in [3.8, 4) is 12.3 Å². The van der Waals surface area contributed by atoms with Crippen LogP contribution in [-0.4, -0.2) is 50.7 Å². The summed E-state index contributed by atoms with van der Waals surface area (Å²) in [6.07, 6.45) is 11.6. The summed E-state index contributed by atoms with van der Waals surface area (Å²) >= 11 is 0. The second-order valence-corrected chi connectivity index (χ2v) is 8.36.